The third kappa shape index (κ3) is 4.37. The molecule has 0 saturated carbocycles. The normalized spacial score (nSPS) is 25.6. The number of ether oxygens (including phenoxy) is 3. The summed E-state index contributed by atoms with van der Waals surface area (Å²) in [6.45, 7) is 2.48. The fourth-order valence-electron chi connectivity index (χ4n) is 5.35. The number of hydrogen-bond acceptors (Lipinski definition) is 6. The number of hydrogen-bond donors (Lipinski definition) is 2. The van der Waals surface area contributed by atoms with Crippen LogP contribution < -0.4 is 5.32 Å². The van der Waals surface area contributed by atoms with Crippen LogP contribution in [0.25, 0.3) is 11.1 Å². The van der Waals surface area contributed by atoms with Crippen LogP contribution in [-0.4, -0.2) is 79.1 Å². The average Bonchev–Trinajstić information content (AvgIpc) is 3.44. The molecule has 2 fully saturated rings. The van der Waals surface area contributed by atoms with Crippen molar-refractivity contribution in [2.24, 2.45) is 5.92 Å². The molecule has 0 radical (unpaired) electrons. The van der Waals surface area contributed by atoms with E-state index < -0.39 is 36.2 Å². The molecule has 4 atom stereocenters. The minimum atomic E-state index is -1.12. The number of nitrogens with zero attached hydrogens (tertiary/aromatic N) is 1. The first-order chi connectivity index (χ1) is 17.0. The largest absolute Gasteiger partial charge is 0.480 e. The second-order valence-corrected chi connectivity index (χ2v) is 9.11. The van der Waals surface area contributed by atoms with Crippen molar-refractivity contribution in [3.8, 4) is 11.1 Å². The Morgan fingerprint density at radius 2 is 1.71 bits per heavy atom. The Bertz CT molecular complexity index is 1090. The summed E-state index contributed by atoms with van der Waals surface area (Å²) in [5.41, 5.74) is 4.50. The molecule has 3 aliphatic rings. The van der Waals surface area contributed by atoms with Crippen molar-refractivity contribution in [1.29, 1.82) is 0 Å². The number of carbonyl (C=O) groups is 3. The number of rotatable bonds is 5. The molecule has 5 rings (SSSR count). The molecule has 2 N–H and O–H groups in total. The van der Waals surface area contributed by atoms with Gasteiger partial charge in [-0.1, -0.05) is 48.5 Å². The van der Waals surface area contributed by atoms with E-state index in [2.05, 4.69) is 17.4 Å². The third-order valence-corrected chi connectivity index (χ3v) is 7.07. The maximum Gasteiger partial charge on any atom is 0.407 e. The maximum atomic E-state index is 13.2. The highest BCUT2D eigenvalue weighted by molar-refractivity contribution is 5.87. The molecular weight excluding hydrogens is 452 g/mol. The number of alkyl carbamates (subject to hydrolysis) is 1. The highest BCUT2D eigenvalue weighted by Crippen LogP contribution is 2.44. The highest BCUT2D eigenvalue weighted by atomic mass is 16.5. The van der Waals surface area contributed by atoms with Crippen LogP contribution in [0.15, 0.2) is 48.5 Å². The summed E-state index contributed by atoms with van der Waals surface area (Å²) in [6, 6.07) is 14.5. The van der Waals surface area contributed by atoms with Gasteiger partial charge in [0.1, 0.15) is 6.61 Å². The van der Waals surface area contributed by atoms with Gasteiger partial charge in [-0.25, -0.2) is 9.59 Å². The standard InChI is InChI=1S/C26H28N2O7/c1-15-23(25(30)31)28(10-11-34-15)24(29)21-12-33-14-22(21)27-26(32)35-13-20-18-8-4-2-6-16(18)17-7-3-5-9-19(17)20/h2-9,15,20-23H,10-14H2,1H3,(H,27,32)(H,30,31). The molecule has 2 aromatic carbocycles. The third-order valence-electron chi connectivity index (χ3n) is 7.07. The van der Waals surface area contributed by atoms with E-state index in [0.717, 1.165) is 22.3 Å². The Morgan fingerprint density at radius 1 is 1.06 bits per heavy atom. The van der Waals surface area contributed by atoms with E-state index in [1.807, 2.05) is 36.4 Å². The number of fused-ring (bicyclic) bond motifs is 3. The topological polar surface area (TPSA) is 114 Å². The van der Waals surface area contributed by atoms with Crippen LogP contribution in [0, 0.1) is 5.92 Å². The van der Waals surface area contributed by atoms with E-state index in [-0.39, 0.29) is 44.8 Å². The summed E-state index contributed by atoms with van der Waals surface area (Å²) in [6.07, 6.45) is -1.26. The van der Waals surface area contributed by atoms with Crippen LogP contribution in [0.3, 0.4) is 0 Å². The van der Waals surface area contributed by atoms with Crippen LogP contribution in [0.5, 0.6) is 0 Å². The molecule has 2 heterocycles. The molecule has 2 amide bonds. The zero-order valence-electron chi connectivity index (χ0n) is 19.4. The molecule has 184 valence electrons. The first-order valence-corrected chi connectivity index (χ1v) is 11.8. The van der Waals surface area contributed by atoms with Crippen LogP contribution in [0.1, 0.15) is 24.0 Å². The molecule has 9 nitrogen and oxygen atoms in total. The summed E-state index contributed by atoms with van der Waals surface area (Å²) < 4.78 is 16.5. The zero-order valence-corrected chi connectivity index (χ0v) is 19.4. The van der Waals surface area contributed by atoms with Gasteiger partial charge in [0.05, 0.1) is 37.9 Å². The number of carboxylic acid groups (broad SMARTS) is 1. The van der Waals surface area contributed by atoms with Gasteiger partial charge in [-0.3, -0.25) is 4.79 Å². The quantitative estimate of drug-likeness (QED) is 0.675. The van der Waals surface area contributed by atoms with Gasteiger partial charge in [0.2, 0.25) is 5.91 Å². The van der Waals surface area contributed by atoms with Crippen LogP contribution >= 0.6 is 0 Å². The maximum absolute atomic E-state index is 13.2. The molecule has 2 aromatic rings. The van der Waals surface area contributed by atoms with Gasteiger partial charge < -0.3 is 29.5 Å². The first kappa shape index (κ1) is 23.3. The summed E-state index contributed by atoms with van der Waals surface area (Å²) in [5.74, 6) is -2.25. The van der Waals surface area contributed by atoms with Crippen LogP contribution in [0.2, 0.25) is 0 Å². The van der Waals surface area contributed by atoms with Crippen molar-refractivity contribution < 1.29 is 33.7 Å². The predicted molar refractivity (Wildman–Crippen MR) is 125 cm³/mol. The molecule has 0 spiro atoms. The molecule has 4 unspecified atom stereocenters. The van der Waals surface area contributed by atoms with Gasteiger partial charge in [0.15, 0.2) is 6.04 Å². The van der Waals surface area contributed by atoms with Crippen molar-refractivity contribution in [2.75, 3.05) is 33.0 Å². The van der Waals surface area contributed by atoms with Crippen molar-refractivity contribution in [3.63, 3.8) is 0 Å². The molecule has 2 aliphatic heterocycles. The molecule has 9 heteroatoms. The van der Waals surface area contributed by atoms with E-state index in [1.54, 1.807) is 6.92 Å². The Balaban J connectivity index is 1.23. The van der Waals surface area contributed by atoms with Gasteiger partial charge in [0.25, 0.3) is 0 Å². The van der Waals surface area contributed by atoms with Crippen LogP contribution in [0.4, 0.5) is 4.79 Å². The molecule has 2 saturated heterocycles. The van der Waals surface area contributed by atoms with Crippen molar-refractivity contribution >= 4 is 18.0 Å². The molecule has 0 bridgehead atoms. The van der Waals surface area contributed by atoms with Crippen molar-refractivity contribution in [1.82, 2.24) is 10.2 Å². The lowest BCUT2D eigenvalue weighted by Gasteiger charge is -2.38. The number of carboxylic acids is 1. The molecule has 35 heavy (non-hydrogen) atoms. The summed E-state index contributed by atoms with van der Waals surface area (Å²) in [5, 5.41) is 12.4. The number of morpholine rings is 1. The van der Waals surface area contributed by atoms with E-state index in [9.17, 15) is 19.5 Å². The van der Waals surface area contributed by atoms with Gasteiger partial charge >= 0.3 is 12.1 Å². The Labute approximate surface area is 203 Å². The molecular formula is C26H28N2O7. The minimum Gasteiger partial charge on any atom is -0.480 e. The summed E-state index contributed by atoms with van der Waals surface area (Å²) >= 11 is 0. The van der Waals surface area contributed by atoms with Crippen molar-refractivity contribution in [2.45, 2.75) is 31.0 Å². The smallest absolute Gasteiger partial charge is 0.407 e. The van der Waals surface area contributed by atoms with Gasteiger partial charge in [-0.05, 0) is 29.2 Å². The van der Waals surface area contributed by atoms with Crippen molar-refractivity contribution in [3.05, 3.63) is 59.7 Å². The van der Waals surface area contributed by atoms with E-state index >= 15 is 0 Å². The molecule has 1 aliphatic carbocycles. The van der Waals surface area contributed by atoms with Gasteiger partial charge in [-0.15, -0.1) is 0 Å². The zero-order chi connectivity index (χ0) is 24.5. The second-order valence-electron chi connectivity index (χ2n) is 9.11. The summed E-state index contributed by atoms with van der Waals surface area (Å²) in [4.78, 5) is 39.0. The molecule has 0 aromatic heterocycles. The summed E-state index contributed by atoms with van der Waals surface area (Å²) in [7, 11) is 0. The van der Waals surface area contributed by atoms with E-state index in [0.29, 0.717) is 0 Å². The minimum absolute atomic E-state index is 0.0726. The Morgan fingerprint density at radius 3 is 2.37 bits per heavy atom. The second kappa shape index (κ2) is 9.67. The Kier molecular flexibility index (Phi) is 6.44. The SMILES string of the molecule is CC1OCCN(C(=O)C2COCC2NC(=O)OCC2c3ccccc3-c3ccccc32)C1C(=O)O. The van der Waals surface area contributed by atoms with Gasteiger partial charge in [-0.2, -0.15) is 0 Å². The number of nitrogens with one attached hydrogen (secondary N) is 1. The van der Waals surface area contributed by atoms with E-state index in [4.69, 9.17) is 14.2 Å². The Hall–Kier alpha value is -3.43. The monoisotopic (exact) mass is 480 g/mol. The van der Waals surface area contributed by atoms with Gasteiger partial charge in [0, 0.05) is 12.5 Å². The lowest BCUT2D eigenvalue weighted by atomic mass is 9.98. The first-order valence-electron chi connectivity index (χ1n) is 11.8. The predicted octanol–water partition coefficient (Wildman–Crippen LogP) is 2.24. The lowest BCUT2D eigenvalue weighted by molar-refractivity contribution is -0.167. The number of benzene rings is 2. The number of aliphatic carboxylic acids is 1. The highest BCUT2D eigenvalue weighted by Gasteiger charge is 2.44. The average molecular weight is 481 g/mol. The number of carbonyl (C=O) groups excluding carboxylic acids is 2. The fraction of sp³-hybridized carbons (Fsp3) is 0.423. The fourth-order valence-corrected chi connectivity index (χ4v) is 5.35. The lowest BCUT2D eigenvalue weighted by Crippen LogP contribution is -2.59. The van der Waals surface area contributed by atoms with E-state index in [1.165, 1.54) is 4.90 Å². The van der Waals surface area contributed by atoms with Crippen LogP contribution in [-0.2, 0) is 23.8 Å². The number of amides is 2.